The summed E-state index contributed by atoms with van der Waals surface area (Å²) in [5, 5.41) is 0. The number of hydrogen-bond acceptors (Lipinski definition) is 2. The van der Waals surface area contributed by atoms with Gasteiger partial charge in [-0.1, -0.05) is 36.4 Å². The van der Waals surface area contributed by atoms with Gasteiger partial charge in [-0.2, -0.15) is 0 Å². The summed E-state index contributed by atoms with van der Waals surface area (Å²) in [6.07, 6.45) is 1.01. The van der Waals surface area contributed by atoms with Crippen molar-refractivity contribution < 1.29 is 9.47 Å². The van der Waals surface area contributed by atoms with E-state index in [1.165, 1.54) is 16.7 Å². The summed E-state index contributed by atoms with van der Waals surface area (Å²) < 4.78 is 11.2. The van der Waals surface area contributed by atoms with Crippen LogP contribution in [0.1, 0.15) is 22.8 Å². The quantitative estimate of drug-likeness (QED) is 0.801. The first-order valence-corrected chi connectivity index (χ1v) is 6.22. The van der Waals surface area contributed by atoms with Crippen molar-refractivity contribution in [3.05, 3.63) is 65.2 Å². The molecule has 0 aromatic heterocycles. The van der Waals surface area contributed by atoms with Crippen LogP contribution in [0.3, 0.4) is 0 Å². The molecule has 3 rings (SSSR count). The lowest BCUT2D eigenvalue weighted by molar-refractivity contribution is 0.0697. The number of fused-ring (bicyclic) bond motifs is 1. The highest BCUT2D eigenvalue weighted by molar-refractivity contribution is 5.42. The van der Waals surface area contributed by atoms with Crippen LogP contribution < -0.4 is 4.74 Å². The van der Waals surface area contributed by atoms with E-state index in [1.807, 2.05) is 12.1 Å². The minimum atomic E-state index is 0.0563. The second-order valence-electron chi connectivity index (χ2n) is 4.48. The smallest absolute Gasteiger partial charge is 0.119 e. The fourth-order valence-electron chi connectivity index (χ4n) is 2.46. The first kappa shape index (κ1) is 11.3. The molecule has 0 radical (unpaired) electrons. The maximum absolute atomic E-state index is 5.92. The van der Waals surface area contributed by atoms with Crippen LogP contribution in [0.4, 0.5) is 0 Å². The highest BCUT2D eigenvalue weighted by Crippen LogP contribution is 2.34. The Kier molecular flexibility index (Phi) is 3.03. The molecule has 1 unspecified atom stereocenters. The molecule has 0 aliphatic carbocycles. The minimum absolute atomic E-state index is 0.0563. The van der Waals surface area contributed by atoms with Crippen LogP contribution in [0.5, 0.6) is 5.75 Å². The van der Waals surface area contributed by atoms with E-state index in [9.17, 15) is 0 Å². The average Bonchev–Trinajstić information content (AvgIpc) is 2.47. The predicted octanol–water partition coefficient (Wildman–Crippen LogP) is 3.36. The Hall–Kier alpha value is -1.80. The topological polar surface area (TPSA) is 18.5 Å². The van der Waals surface area contributed by atoms with Crippen molar-refractivity contribution in [1.29, 1.82) is 0 Å². The summed E-state index contributed by atoms with van der Waals surface area (Å²) in [7, 11) is 1.70. The third-order valence-corrected chi connectivity index (χ3v) is 3.39. The fraction of sp³-hybridized carbons (Fsp3) is 0.250. The van der Waals surface area contributed by atoms with Crippen LogP contribution in [-0.2, 0) is 11.2 Å². The molecule has 0 spiro atoms. The molecule has 1 aliphatic heterocycles. The van der Waals surface area contributed by atoms with Gasteiger partial charge in [0, 0.05) is 0 Å². The summed E-state index contributed by atoms with van der Waals surface area (Å²) in [5.74, 6) is 0.919. The van der Waals surface area contributed by atoms with Gasteiger partial charge in [0.1, 0.15) is 11.9 Å². The molecule has 2 aromatic carbocycles. The summed E-state index contributed by atoms with van der Waals surface area (Å²) in [4.78, 5) is 0. The molecule has 0 fully saturated rings. The van der Waals surface area contributed by atoms with Crippen molar-refractivity contribution in [1.82, 2.24) is 0 Å². The van der Waals surface area contributed by atoms with E-state index in [2.05, 4.69) is 36.4 Å². The molecule has 0 amide bonds. The highest BCUT2D eigenvalue weighted by atomic mass is 16.5. The Morgan fingerprint density at radius 3 is 2.72 bits per heavy atom. The third-order valence-electron chi connectivity index (χ3n) is 3.39. The van der Waals surface area contributed by atoms with Crippen LogP contribution >= 0.6 is 0 Å². The van der Waals surface area contributed by atoms with Crippen molar-refractivity contribution in [2.45, 2.75) is 12.5 Å². The van der Waals surface area contributed by atoms with E-state index in [0.717, 1.165) is 18.8 Å². The van der Waals surface area contributed by atoms with E-state index in [4.69, 9.17) is 9.47 Å². The van der Waals surface area contributed by atoms with Crippen LogP contribution in [0.2, 0.25) is 0 Å². The average molecular weight is 240 g/mol. The molecule has 0 N–H and O–H groups in total. The minimum Gasteiger partial charge on any atom is -0.497 e. The van der Waals surface area contributed by atoms with E-state index >= 15 is 0 Å². The van der Waals surface area contributed by atoms with E-state index in [-0.39, 0.29) is 6.10 Å². The molecule has 1 heterocycles. The van der Waals surface area contributed by atoms with Gasteiger partial charge < -0.3 is 9.47 Å². The van der Waals surface area contributed by atoms with Gasteiger partial charge in [0.15, 0.2) is 0 Å². The zero-order valence-corrected chi connectivity index (χ0v) is 10.4. The summed E-state index contributed by atoms with van der Waals surface area (Å²) in [5.41, 5.74) is 3.80. The van der Waals surface area contributed by atoms with Gasteiger partial charge in [0.25, 0.3) is 0 Å². The lowest BCUT2D eigenvalue weighted by atomic mass is 9.93. The van der Waals surface area contributed by atoms with Gasteiger partial charge in [-0.05, 0) is 35.2 Å². The van der Waals surface area contributed by atoms with Crippen LogP contribution in [-0.4, -0.2) is 13.7 Å². The number of ether oxygens (including phenoxy) is 2. The van der Waals surface area contributed by atoms with Crippen molar-refractivity contribution in [3.63, 3.8) is 0 Å². The maximum Gasteiger partial charge on any atom is 0.119 e. The lowest BCUT2D eigenvalue weighted by Crippen LogP contribution is -2.17. The largest absolute Gasteiger partial charge is 0.497 e. The van der Waals surface area contributed by atoms with Gasteiger partial charge in [0.2, 0.25) is 0 Å². The fourth-order valence-corrected chi connectivity index (χ4v) is 2.46. The molecule has 92 valence electrons. The highest BCUT2D eigenvalue weighted by Gasteiger charge is 2.22. The van der Waals surface area contributed by atoms with Crippen LogP contribution in [0.25, 0.3) is 0 Å². The second-order valence-corrected chi connectivity index (χ2v) is 4.48. The first-order valence-electron chi connectivity index (χ1n) is 6.22. The molecule has 0 bridgehead atoms. The van der Waals surface area contributed by atoms with Gasteiger partial charge in [-0.15, -0.1) is 0 Å². The standard InChI is InChI=1S/C16H16O2/c1-17-14-7-8-15-13(11-14)9-10-18-16(15)12-5-3-2-4-6-12/h2-8,11,16H,9-10H2,1H3. The maximum atomic E-state index is 5.92. The second kappa shape index (κ2) is 4.83. The molecule has 2 heteroatoms. The van der Waals surface area contributed by atoms with E-state index in [1.54, 1.807) is 7.11 Å². The van der Waals surface area contributed by atoms with Gasteiger partial charge in [-0.3, -0.25) is 0 Å². The Balaban J connectivity index is 2.02. The molecule has 0 saturated carbocycles. The zero-order chi connectivity index (χ0) is 12.4. The molecule has 1 atom stereocenters. The van der Waals surface area contributed by atoms with Crippen LogP contribution in [0, 0.1) is 0 Å². The summed E-state index contributed by atoms with van der Waals surface area (Å²) >= 11 is 0. The molecule has 18 heavy (non-hydrogen) atoms. The van der Waals surface area contributed by atoms with Crippen molar-refractivity contribution in [2.24, 2.45) is 0 Å². The van der Waals surface area contributed by atoms with Crippen molar-refractivity contribution >= 4 is 0 Å². The zero-order valence-electron chi connectivity index (χ0n) is 10.4. The monoisotopic (exact) mass is 240 g/mol. The number of hydrogen-bond donors (Lipinski definition) is 0. The Morgan fingerprint density at radius 1 is 1.11 bits per heavy atom. The molecular formula is C16H16O2. The normalized spacial score (nSPS) is 18.2. The van der Waals surface area contributed by atoms with Gasteiger partial charge >= 0.3 is 0 Å². The number of benzene rings is 2. The molecule has 2 nitrogen and oxygen atoms in total. The first-order chi connectivity index (χ1) is 8.88. The van der Waals surface area contributed by atoms with Crippen molar-refractivity contribution in [2.75, 3.05) is 13.7 Å². The van der Waals surface area contributed by atoms with Crippen LogP contribution in [0.15, 0.2) is 48.5 Å². The van der Waals surface area contributed by atoms with Gasteiger partial charge in [0.05, 0.1) is 13.7 Å². The van der Waals surface area contributed by atoms with E-state index in [0.29, 0.717) is 0 Å². The van der Waals surface area contributed by atoms with E-state index < -0.39 is 0 Å². The Bertz CT molecular complexity index is 534. The predicted molar refractivity (Wildman–Crippen MR) is 70.9 cm³/mol. The molecule has 2 aromatic rings. The molecule has 1 aliphatic rings. The third kappa shape index (κ3) is 2.00. The molecule has 0 saturated heterocycles. The van der Waals surface area contributed by atoms with Gasteiger partial charge in [-0.25, -0.2) is 0 Å². The van der Waals surface area contributed by atoms with Crippen molar-refractivity contribution in [3.8, 4) is 5.75 Å². The molecular weight excluding hydrogens is 224 g/mol. The number of rotatable bonds is 2. The lowest BCUT2D eigenvalue weighted by Gasteiger charge is -2.26. The summed E-state index contributed by atoms with van der Waals surface area (Å²) in [6, 6.07) is 16.6. The SMILES string of the molecule is COc1ccc2c(c1)CCOC2c1ccccc1. The summed E-state index contributed by atoms with van der Waals surface area (Å²) in [6.45, 7) is 0.764. The Labute approximate surface area is 107 Å². The Morgan fingerprint density at radius 2 is 1.94 bits per heavy atom. The number of methoxy groups -OCH3 is 1.